The van der Waals surface area contributed by atoms with Crippen LogP contribution < -0.4 is 16.8 Å². The predicted octanol–water partition coefficient (Wildman–Crippen LogP) is -3.01. The Morgan fingerprint density at radius 2 is 1.67 bits per heavy atom. The average Bonchev–Trinajstić information content (AvgIpc) is 2.65. The van der Waals surface area contributed by atoms with Gasteiger partial charge in [0.2, 0.25) is 24.1 Å². The maximum absolute atomic E-state index is 12.2. The molecule has 11 heteroatoms. The van der Waals surface area contributed by atoms with Crippen molar-refractivity contribution in [3.05, 3.63) is 0 Å². The molecule has 0 aliphatic carbocycles. The highest BCUT2D eigenvalue weighted by Crippen LogP contribution is 1.97. The van der Waals surface area contributed by atoms with Gasteiger partial charge in [-0.15, -0.1) is 0 Å². The van der Waals surface area contributed by atoms with E-state index in [9.17, 15) is 19.2 Å². The molecule has 0 rings (SSSR count). The minimum Gasteiger partial charge on any atom is -0.395 e. The van der Waals surface area contributed by atoms with E-state index in [1.807, 2.05) is 13.8 Å². The summed E-state index contributed by atoms with van der Waals surface area (Å²) in [7, 11) is 0. The van der Waals surface area contributed by atoms with E-state index in [-0.39, 0.29) is 25.6 Å². The lowest BCUT2D eigenvalue weighted by Crippen LogP contribution is -2.51. The Morgan fingerprint density at radius 1 is 1.11 bits per heavy atom. The summed E-state index contributed by atoms with van der Waals surface area (Å²) in [6, 6.07) is -1.19. The topological polar surface area (TPSA) is 179 Å². The lowest BCUT2D eigenvalue weighted by molar-refractivity contribution is -0.139. The number of nitrogens with zero attached hydrogens (tertiary/aromatic N) is 2. The van der Waals surface area contributed by atoms with Crippen LogP contribution in [0.5, 0.6) is 0 Å². The zero-order valence-corrected chi connectivity index (χ0v) is 16.1. The number of primary amides is 1. The van der Waals surface area contributed by atoms with Gasteiger partial charge in [0.15, 0.2) is 0 Å². The quantitative estimate of drug-likeness (QED) is 0.207. The summed E-state index contributed by atoms with van der Waals surface area (Å²) in [5.41, 5.74) is 9.80. The maximum atomic E-state index is 12.2. The fraction of sp³-hybridized carbons (Fsp3) is 0.750. The second kappa shape index (κ2) is 17.2. The molecular weight excluding hydrogens is 358 g/mol. The van der Waals surface area contributed by atoms with Crippen LogP contribution in [0.15, 0.2) is 0 Å². The molecule has 0 aliphatic rings. The van der Waals surface area contributed by atoms with Crippen molar-refractivity contribution in [3.63, 3.8) is 0 Å². The number of aliphatic hydroxyl groups is 2. The molecule has 7 N–H and O–H groups in total. The number of aliphatic hydroxyl groups excluding tert-OH is 2. The third-order valence-corrected chi connectivity index (χ3v) is 3.17. The number of nitrogens with one attached hydrogen (secondary N) is 1. The first kappa shape index (κ1) is 27.0. The van der Waals surface area contributed by atoms with Crippen LogP contribution in [0, 0.1) is 0 Å². The normalized spacial score (nSPS) is 10.9. The molecule has 4 amide bonds. The van der Waals surface area contributed by atoms with Gasteiger partial charge in [0.25, 0.3) is 0 Å². The summed E-state index contributed by atoms with van der Waals surface area (Å²) >= 11 is 0. The van der Waals surface area contributed by atoms with Crippen molar-refractivity contribution >= 4 is 24.1 Å². The Balaban J connectivity index is 0. The van der Waals surface area contributed by atoms with Crippen molar-refractivity contribution in [2.45, 2.75) is 32.7 Å². The molecule has 0 aliphatic heterocycles. The van der Waals surface area contributed by atoms with E-state index in [4.69, 9.17) is 21.7 Å². The van der Waals surface area contributed by atoms with Crippen molar-refractivity contribution in [1.29, 1.82) is 0 Å². The Kier molecular flexibility index (Phi) is 17.2. The van der Waals surface area contributed by atoms with Gasteiger partial charge in [-0.05, 0) is 12.8 Å². The van der Waals surface area contributed by atoms with E-state index < -0.39 is 24.5 Å². The highest BCUT2D eigenvalue weighted by Gasteiger charge is 2.22. The standard InChI is InChI=1S/C14H26N4O5.C2H7NO/c1-3-5-17(10-20)8-13(22)18(6-4-2)7-12(21)16-11(9-19)14(15)23;3-1-2-4/h10-11,19H,3-9H2,1-2H3,(H2,15,23)(H,16,21);4H,1-3H2. The number of rotatable bonds is 13. The van der Waals surface area contributed by atoms with Crippen molar-refractivity contribution in [1.82, 2.24) is 15.1 Å². The lowest BCUT2D eigenvalue weighted by atomic mass is 10.3. The molecule has 0 bridgehead atoms. The molecule has 0 heterocycles. The number of carbonyl (C=O) groups is 4. The van der Waals surface area contributed by atoms with Gasteiger partial charge in [-0.1, -0.05) is 13.8 Å². The van der Waals surface area contributed by atoms with Crippen molar-refractivity contribution in [2.24, 2.45) is 11.5 Å². The molecule has 158 valence electrons. The number of hydrogen-bond donors (Lipinski definition) is 5. The van der Waals surface area contributed by atoms with Crippen molar-refractivity contribution < 1.29 is 29.4 Å². The number of carbonyl (C=O) groups excluding carboxylic acids is 4. The number of nitrogens with two attached hydrogens (primary N) is 2. The molecule has 27 heavy (non-hydrogen) atoms. The number of hydrogen-bond acceptors (Lipinski definition) is 7. The van der Waals surface area contributed by atoms with Crippen LogP contribution in [0.3, 0.4) is 0 Å². The highest BCUT2D eigenvalue weighted by atomic mass is 16.3. The van der Waals surface area contributed by atoms with E-state index in [0.717, 1.165) is 6.42 Å². The monoisotopic (exact) mass is 391 g/mol. The molecule has 1 unspecified atom stereocenters. The molecule has 0 spiro atoms. The average molecular weight is 391 g/mol. The van der Waals surface area contributed by atoms with E-state index in [2.05, 4.69) is 5.32 Å². The van der Waals surface area contributed by atoms with Gasteiger partial charge in [-0.25, -0.2) is 0 Å². The zero-order chi connectivity index (χ0) is 21.2. The fourth-order valence-corrected chi connectivity index (χ4v) is 1.91. The Labute approximate surface area is 159 Å². The Bertz CT molecular complexity index is 447. The molecule has 0 saturated carbocycles. The van der Waals surface area contributed by atoms with Crippen molar-refractivity contribution in [3.8, 4) is 0 Å². The Hall–Kier alpha value is -2.24. The smallest absolute Gasteiger partial charge is 0.242 e. The molecule has 0 aromatic heterocycles. The zero-order valence-electron chi connectivity index (χ0n) is 16.1. The second-order valence-electron chi connectivity index (χ2n) is 5.61. The van der Waals surface area contributed by atoms with Crippen LogP contribution in [0.4, 0.5) is 0 Å². The lowest BCUT2D eigenvalue weighted by Gasteiger charge is -2.25. The summed E-state index contributed by atoms with van der Waals surface area (Å²) in [5.74, 6) is -1.82. The van der Waals surface area contributed by atoms with Gasteiger partial charge in [0.05, 0.1) is 26.3 Å². The third kappa shape index (κ3) is 13.6. The first-order valence-electron chi connectivity index (χ1n) is 8.78. The van der Waals surface area contributed by atoms with Crippen LogP contribution >= 0.6 is 0 Å². The molecule has 0 aromatic carbocycles. The molecule has 0 aromatic rings. The van der Waals surface area contributed by atoms with Crippen LogP contribution in [-0.2, 0) is 19.2 Å². The SMILES string of the molecule is CCCN(C=O)CC(=O)N(CCC)CC(=O)NC(CO)C(N)=O.NCCO. The van der Waals surface area contributed by atoms with Crippen LogP contribution in [0.1, 0.15) is 26.7 Å². The van der Waals surface area contributed by atoms with Gasteiger partial charge in [-0.3, -0.25) is 19.2 Å². The predicted molar refractivity (Wildman–Crippen MR) is 99.2 cm³/mol. The summed E-state index contributed by atoms with van der Waals surface area (Å²) in [6.45, 7) is 4.01. The summed E-state index contributed by atoms with van der Waals surface area (Å²) in [4.78, 5) is 48.6. The van der Waals surface area contributed by atoms with Crippen LogP contribution in [0.25, 0.3) is 0 Å². The molecule has 0 radical (unpaired) electrons. The van der Waals surface area contributed by atoms with Gasteiger partial charge in [-0.2, -0.15) is 0 Å². The fourth-order valence-electron chi connectivity index (χ4n) is 1.91. The van der Waals surface area contributed by atoms with Gasteiger partial charge in [0, 0.05) is 19.6 Å². The van der Waals surface area contributed by atoms with Gasteiger partial charge >= 0.3 is 0 Å². The van der Waals surface area contributed by atoms with Gasteiger partial charge < -0.3 is 36.8 Å². The first-order valence-corrected chi connectivity index (χ1v) is 8.78. The largest absolute Gasteiger partial charge is 0.395 e. The van der Waals surface area contributed by atoms with E-state index in [0.29, 0.717) is 32.5 Å². The van der Waals surface area contributed by atoms with E-state index in [1.165, 1.54) is 9.80 Å². The summed E-state index contributed by atoms with van der Waals surface area (Å²) in [6.07, 6.45) is 1.95. The maximum Gasteiger partial charge on any atom is 0.242 e. The first-order chi connectivity index (χ1) is 12.8. The minimum absolute atomic E-state index is 0.0972. The Morgan fingerprint density at radius 3 is 2.04 bits per heavy atom. The number of amides is 4. The van der Waals surface area contributed by atoms with E-state index >= 15 is 0 Å². The minimum atomic E-state index is -1.19. The summed E-state index contributed by atoms with van der Waals surface area (Å²) < 4.78 is 0. The van der Waals surface area contributed by atoms with E-state index in [1.54, 1.807) is 0 Å². The second-order valence-corrected chi connectivity index (χ2v) is 5.61. The highest BCUT2D eigenvalue weighted by molar-refractivity contribution is 5.90. The molecule has 1 atom stereocenters. The molecule has 0 saturated heterocycles. The van der Waals surface area contributed by atoms with Crippen molar-refractivity contribution in [2.75, 3.05) is 45.9 Å². The molecular formula is C16H33N5O6. The third-order valence-electron chi connectivity index (χ3n) is 3.17. The molecule has 0 fully saturated rings. The van der Waals surface area contributed by atoms with Crippen LogP contribution in [-0.4, -0.2) is 96.1 Å². The van der Waals surface area contributed by atoms with Gasteiger partial charge in [0.1, 0.15) is 6.04 Å². The summed E-state index contributed by atoms with van der Waals surface area (Å²) in [5, 5.41) is 19.0. The van der Waals surface area contributed by atoms with Crippen LogP contribution in [0.2, 0.25) is 0 Å². The molecule has 11 nitrogen and oxygen atoms in total.